The van der Waals surface area contributed by atoms with Crippen LogP contribution in [0, 0.1) is 5.92 Å². The molecule has 1 fully saturated rings. The molecule has 2 atom stereocenters. The van der Waals surface area contributed by atoms with Crippen LogP contribution in [0.15, 0.2) is 0 Å². The van der Waals surface area contributed by atoms with E-state index in [4.69, 9.17) is 0 Å². The average Bonchev–Trinajstić information content (AvgIpc) is 2.33. The first-order chi connectivity index (χ1) is 8.24. The van der Waals surface area contributed by atoms with E-state index in [1.54, 1.807) is 0 Å². The molecule has 1 saturated heterocycles. The number of hydrogen-bond acceptors (Lipinski definition) is 3. The average molecular weight is 258 g/mol. The van der Waals surface area contributed by atoms with Gasteiger partial charge in [0.2, 0.25) is 5.91 Å². The summed E-state index contributed by atoms with van der Waals surface area (Å²) >= 11 is 1.89. The molecule has 1 rings (SSSR count). The smallest absolute Gasteiger partial charge is 0.237 e. The van der Waals surface area contributed by atoms with Gasteiger partial charge in [0.15, 0.2) is 0 Å². The van der Waals surface area contributed by atoms with Crippen molar-refractivity contribution in [2.75, 3.05) is 25.1 Å². The number of carbonyl (C=O) groups is 1. The molecule has 1 aliphatic rings. The van der Waals surface area contributed by atoms with E-state index in [0.29, 0.717) is 5.92 Å². The highest BCUT2D eigenvalue weighted by Crippen LogP contribution is 2.14. The third-order valence-electron chi connectivity index (χ3n) is 3.31. The van der Waals surface area contributed by atoms with E-state index in [1.165, 1.54) is 25.0 Å². The van der Waals surface area contributed by atoms with Gasteiger partial charge in [0.1, 0.15) is 0 Å². The van der Waals surface area contributed by atoms with Gasteiger partial charge in [-0.1, -0.05) is 13.3 Å². The number of unbranched alkanes of at least 4 members (excludes halogenated alkanes) is 2. The fourth-order valence-corrected chi connectivity index (χ4v) is 2.68. The van der Waals surface area contributed by atoms with Gasteiger partial charge in [-0.05, 0) is 50.2 Å². The molecule has 0 saturated carbocycles. The lowest BCUT2D eigenvalue weighted by molar-refractivity contribution is -0.124. The van der Waals surface area contributed by atoms with Crippen molar-refractivity contribution < 1.29 is 4.79 Å². The van der Waals surface area contributed by atoms with Crippen LogP contribution in [0.3, 0.4) is 0 Å². The van der Waals surface area contributed by atoms with E-state index < -0.39 is 0 Å². The summed E-state index contributed by atoms with van der Waals surface area (Å²) in [5.41, 5.74) is 0. The minimum atomic E-state index is 0.0462. The van der Waals surface area contributed by atoms with Crippen molar-refractivity contribution in [2.45, 2.75) is 45.1 Å². The maximum atomic E-state index is 11.9. The Labute approximate surface area is 109 Å². The molecule has 0 radical (unpaired) electrons. The third-order valence-corrected chi connectivity index (χ3v) is 4.00. The van der Waals surface area contributed by atoms with Crippen molar-refractivity contribution in [3.8, 4) is 0 Å². The number of hydrogen-bond donors (Lipinski definition) is 2. The van der Waals surface area contributed by atoms with Gasteiger partial charge in [-0.25, -0.2) is 0 Å². The summed E-state index contributed by atoms with van der Waals surface area (Å²) in [6.45, 7) is 4.04. The zero-order valence-corrected chi connectivity index (χ0v) is 11.9. The number of nitrogens with one attached hydrogen (secondary N) is 2. The highest BCUT2D eigenvalue weighted by atomic mass is 32.2. The van der Waals surface area contributed by atoms with Crippen LogP contribution >= 0.6 is 11.8 Å². The largest absolute Gasteiger partial charge is 0.355 e. The lowest BCUT2D eigenvalue weighted by atomic mass is 9.94. The Kier molecular flexibility index (Phi) is 7.69. The summed E-state index contributed by atoms with van der Waals surface area (Å²) in [7, 11) is 0. The second kappa shape index (κ2) is 8.81. The summed E-state index contributed by atoms with van der Waals surface area (Å²) in [5, 5.41) is 6.34. The molecule has 1 heterocycles. The molecule has 2 N–H and O–H groups in total. The molecule has 0 bridgehead atoms. The van der Waals surface area contributed by atoms with Crippen LogP contribution in [-0.2, 0) is 4.79 Å². The first-order valence-corrected chi connectivity index (χ1v) is 8.13. The first kappa shape index (κ1) is 14.8. The van der Waals surface area contributed by atoms with Crippen LogP contribution in [0.25, 0.3) is 0 Å². The standard InChI is InChI=1S/C13H26N2OS/c1-11-6-8-14-12(10-11)13(16)15-7-4-3-5-9-17-2/h11-12,14H,3-10H2,1-2H3,(H,15,16). The van der Waals surface area contributed by atoms with Gasteiger partial charge < -0.3 is 10.6 Å². The Balaban J connectivity index is 2.04. The lowest BCUT2D eigenvalue weighted by Crippen LogP contribution is -2.48. The predicted octanol–water partition coefficient (Wildman–Crippen LogP) is 2.02. The van der Waals surface area contributed by atoms with Gasteiger partial charge in [0.25, 0.3) is 0 Å². The highest BCUT2D eigenvalue weighted by molar-refractivity contribution is 7.98. The number of thioether (sulfide) groups is 1. The summed E-state index contributed by atoms with van der Waals surface area (Å²) < 4.78 is 0. The van der Waals surface area contributed by atoms with Crippen molar-refractivity contribution in [1.29, 1.82) is 0 Å². The molecule has 17 heavy (non-hydrogen) atoms. The van der Waals surface area contributed by atoms with Crippen LogP contribution in [0.2, 0.25) is 0 Å². The molecular formula is C13H26N2OS. The van der Waals surface area contributed by atoms with E-state index in [2.05, 4.69) is 23.8 Å². The second-order valence-corrected chi connectivity index (χ2v) is 5.97. The number of carbonyl (C=O) groups excluding carboxylic acids is 1. The molecule has 0 aromatic heterocycles. The molecule has 2 unspecified atom stereocenters. The number of piperidine rings is 1. The molecule has 0 spiro atoms. The second-order valence-electron chi connectivity index (χ2n) is 4.98. The van der Waals surface area contributed by atoms with Gasteiger partial charge in [-0.15, -0.1) is 0 Å². The van der Waals surface area contributed by atoms with E-state index in [-0.39, 0.29) is 11.9 Å². The van der Waals surface area contributed by atoms with Crippen molar-refractivity contribution in [3.05, 3.63) is 0 Å². The quantitative estimate of drug-likeness (QED) is 0.687. The summed E-state index contributed by atoms with van der Waals surface area (Å²) in [6.07, 6.45) is 7.90. The normalized spacial score (nSPS) is 24.6. The number of amides is 1. The first-order valence-electron chi connectivity index (χ1n) is 6.74. The summed E-state index contributed by atoms with van der Waals surface area (Å²) in [6, 6.07) is 0.0462. The summed E-state index contributed by atoms with van der Waals surface area (Å²) in [5.74, 6) is 2.10. The SMILES string of the molecule is CSCCCCCNC(=O)C1CC(C)CCN1. The van der Waals surface area contributed by atoms with Crippen LogP contribution < -0.4 is 10.6 Å². The molecule has 0 aliphatic carbocycles. The maximum absolute atomic E-state index is 11.9. The molecule has 0 aromatic rings. The Hall–Kier alpha value is -0.220. The van der Waals surface area contributed by atoms with E-state index in [9.17, 15) is 4.79 Å². The van der Waals surface area contributed by atoms with E-state index in [0.717, 1.165) is 25.9 Å². The number of rotatable bonds is 7. The fourth-order valence-electron chi connectivity index (χ4n) is 2.19. The molecule has 4 heteroatoms. The Morgan fingerprint density at radius 1 is 1.41 bits per heavy atom. The molecular weight excluding hydrogens is 232 g/mol. The zero-order chi connectivity index (χ0) is 12.5. The van der Waals surface area contributed by atoms with Crippen LogP contribution in [-0.4, -0.2) is 37.0 Å². The van der Waals surface area contributed by atoms with E-state index in [1.807, 2.05) is 11.8 Å². The van der Waals surface area contributed by atoms with Crippen molar-refractivity contribution in [3.63, 3.8) is 0 Å². The van der Waals surface area contributed by atoms with E-state index >= 15 is 0 Å². The van der Waals surface area contributed by atoms with Gasteiger partial charge in [0, 0.05) is 6.54 Å². The van der Waals surface area contributed by atoms with Gasteiger partial charge in [0.05, 0.1) is 6.04 Å². The van der Waals surface area contributed by atoms with Crippen LogP contribution in [0.5, 0.6) is 0 Å². The monoisotopic (exact) mass is 258 g/mol. The van der Waals surface area contributed by atoms with Crippen molar-refractivity contribution in [1.82, 2.24) is 10.6 Å². The Morgan fingerprint density at radius 2 is 2.24 bits per heavy atom. The molecule has 3 nitrogen and oxygen atoms in total. The van der Waals surface area contributed by atoms with Crippen molar-refractivity contribution >= 4 is 17.7 Å². The Morgan fingerprint density at radius 3 is 2.94 bits per heavy atom. The minimum Gasteiger partial charge on any atom is -0.355 e. The summed E-state index contributed by atoms with van der Waals surface area (Å²) in [4.78, 5) is 11.9. The van der Waals surface area contributed by atoms with Gasteiger partial charge in [-0.3, -0.25) is 4.79 Å². The van der Waals surface area contributed by atoms with Crippen molar-refractivity contribution in [2.24, 2.45) is 5.92 Å². The minimum absolute atomic E-state index is 0.0462. The maximum Gasteiger partial charge on any atom is 0.237 e. The van der Waals surface area contributed by atoms with Crippen LogP contribution in [0.4, 0.5) is 0 Å². The van der Waals surface area contributed by atoms with Gasteiger partial charge >= 0.3 is 0 Å². The molecule has 0 aromatic carbocycles. The van der Waals surface area contributed by atoms with Gasteiger partial charge in [-0.2, -0.15) is 11.8 Å². The topological polar surface area (TPSA) is 41.1 Å². The zero-order valence-electron chi connectivity index (χ0n) is 11.1. The molecule has 100 valence electrons. The third kappa shape index (κ3) is 6.32. The van der Waals surface area contributed by atoms with Crippen LogP contribution in [0.1, 0.15) is 39.0 Å². The molecule has 1 aliphatic heterocycles. The Bertz CT molecular complexity index is 223. The lowest BCUT2D eigenvalue weighted by Gasteiger charge is -2.27. The fraction of sp³-hybridized carbons (Fsp3) is 0.923. The highest BCUT2D eigenvalue weighted by Gasteiger charge is 2.23. The predicted molar refractivity (Wildman–Crippen MR) is 75.4 cm³/mol. The molecule has 1 amide bonds.